The number of benzene rings is 2. The van der Waals surface area contributed by atoms with Crippen LogP contribution in [0, 0.1) is 11.2 Å². The van der Waals surface area contributed by atoms with Gasteiger partial charge in [0.1, 0.15) is 5.82 Å². The molecule has 0 radical (unpaired) electrons. The fourth-order valence-electron chi connectivity index (χ4n) is 3.21. The van der Waals surface area contributed by atoms with Crippen LogP contribution in [0.25, 0.3) is 11.1 Å². The van der Waals surface area contributed by atoms with Crippen LogP contribution in [0.4, 0.5) is 4.39 Å². The zero-order chi connectivity index (χ0) is 22.1. The SMILES string of the molecule is C[C@](CO)(C[C@@H](Cc1ccc(-c2ccccc2)c(F)c1Cl)Nn1c(=O)c1=O)C(=O)O. The van der Waals surface area contributed by atoms with Crippen molar-refractivity contribution in [2.24, 2.45) is 5.41 Å². The highest BCUT2D eigenvalue weighted by atomic mass is 35.5. The summed E-state index contributed by atoms with van der Waals surface area (Å²) in [7, 11) is 0. The molecule has 0 bridgehead atoms. The summed E-state index contributed by atoms with van der Waals surface area (Å²) in [5.74, 6) is -1.86. The summed E-state index contributed by atoms with van der Waals surface area (Å²) in [5, 5.41) is 18.9. The number of aliphatic hydroxyl groups is 1. The Morgan fingerprint density at radius 1 is 1.20 bits per heavy atom. The van der Waals surface area contributed by atoms with Crippen LogP contribution in [-0.2, 0) is 11.2 Å². The first kappa shape index (κ1) is 21.7. The average molecular weight is 435 g/mol. The molecule has 7 nitrogen and oxygen atoms in total. The molecule has 0 aliphatic carbocycles. The second-order valence-corrected chi connectivity index (χ2v) is 7.85. The van der Waals surface area contributed by atoms with E-state index in [1.807, 2.05) is 6.07 Å². The Hall–Kier alpha value is -2.97. The first-order valence-corrected chi connectivity index (χ1v) is 9.57. The van der Waals surface area contributed by atoms with Crippen molar-refractivity contribution in [1.82, 2.24) is 4.68 Å². The maximum absolute atomic E-state index is 14.9. The number of nitrogens with one attached hydrogen (secondary N) is 1. The first-order valence-electron chi connectivity index (χ1n) is 9.19. The Bertz CT molecular complexity index is 1110. The van der Waals surface area contributed by atoms with Gasteiger partial charge in [-0.1, -0.05) is 54.1 Å². The average Bonchev–Trinajstić information content (AvgIpc) is 3.30. The highest BCUT2D eigenvalue weighted by Gasteiger charge is 2.36. The van der Waals surface area contributed by atoms with Crippen LogP contribution in [0.15, 0.2) is 52.1 Å². The molecule has 0 saturated heterocycles. The predicted octanol–water partition coefficient (Wildman–Crippen LogP) is 2.17. The Morgan fingerprint density at radius 2 is 1.83 bits per heavy atom. The van der Waals surface area contributed by atoms with E-state index in [2.05, 4.69) is 5.43 Å². The number of carbonyl (C=O) groups is 1. The molecule has 3 rings (SSSR count). The zero-order valence-electron chi connectivity index (χ0n) is 16.1. The summed E-state index contributed by atoms with van der Waals surface area (Å²) in [6, 6.07) is 11.3. The van der Waals surface area contributed by atoms with Gasteiger partial charge in [0.25, 0.3) is 0 Å². The number of halogens is 2. The molecule has 158 valence electrons. The molecule has 0 amide bonds. The summed E-state index contributed by atoms with van der Waals surface area (Å²) in [5.41, 5.74) is 0.958. The Morgan fingerprint density at radius 3 is 2.37 bits per heavy atom. The maximum Gasteiger partial charge on any atom is 0.340 e. The molecule has 0 aliphatic heterocycles. The molecule has 2 atom stereocenters. The second-order valence-electron chi connectivity index (χ2n) is 7.47. The van der Waals surface area contributed by atoms with Gasteiger partial charge in [-0.05, 0) is 30.9 Å². The van der Waals surface area contributed by atoms with E-state index in [1.165, 1.54) is 6.92 Å². The van der Waals surface area contributed by atoms with Crippen molar-refractivity contribution in [3.8, 4) is 11.1 Å². The van der Waals surface area contributed by atoms with Crippen LogP contribution in [0.3, 0.4) is 0 Å². The van der Waals surface area contributed by atoms with Crippen molar-refractivity contribution in [3.05, 3.63) is 79.6 Å². The fourth-order valence-corrected chi connectivity index (χ4v) is 3.46. The van der Waals surface area contributed by atoms with E-state index in [0.717, 1.165) is 4.68 Å². The summed E-state index contributed by atoms with van der Waals surface area (Å²) in [6.45, 7) is 0.689. The van der Waals surface area contributed by atoms with Crippen molar-refractivity contribution >= 4 is 17.6 Å². The van der Waals surface area contributed by atoms with E-state index >= 15 is 0 Å². The topological polar surface area (TPSA) is 109 Å². The van der Waals surface area contributed by atoms with Gasteiger partial charge in [0, 0.05) is 11.6 Å². The lowest BCUT2D eigenvalue weighted by Crippen LogP contribution is -2.41. The van der Waals surface area contributed by atoms with Crippen LogP contribution >= 0.6 is 11.6 Å². The van der Waals surface area contributed by atoms with E-state index in [-0.39, 0.29) is 17.9 Å². The summed E-state index contributed by atoms with van der Waals surface area (Å²) in [4.78, 5) is 34.3. The number of carboxylic acid groups (broad SMARTS) is 1. The van der Waals surface area contributed by atoms with Gasteiger partial charge in [0.15, 0.2) is 0 Å². The first-order chi connectivity index (χ1) is 14.2. The molecular weight excluding hydrogens is 415 g/mol. The highest BCUT2D eigenvalue weighted by Crippen LogP contribution is 2.32. The van der Waals surface area contributed by atoms with Gasteiger partial charge >= 0.3 is 17.1 Å². The number of aliphatic hydroxyl groups excluding tert-OH is 1. The molecule has 1 aromatic heterocycles. The van der Waals surface area contributed by atoms with E-state index in [0.29, 0.717) is 16.7 Å². The molecule has 1 heterocycles. The molecule has 9 heteroatoms. The van der Waals surface area contributed by atoms with Gasteiger partial charge in [-0.15, -0.1) is 0 Å². The van der Waals surface area contributed by atoms with Crippen molar-refractivity contribution in [3.63, 3.8) is 0 Å². The third-order valence-corrected chi connectivity index (χ3v) is 5.54. The number of hydrogen-bond donors (Lipinski definition) is 3. The third kappa shape index (κ3) is 4.29. The van der Waals surface area contributed by atoms with Crippen molar-refractivity contribution in [2.45, 2.75) is 25.8 Å². The maximum atomic E-state index is 14.9. The number of carboxylic acids is 1. The van der Waals surface area contributed by atoms with Crippen LogP contribution in [-0.4, -0.2) is 33.5 Å². The standard InChI is InChI=1S/C21H20ClFN2O5/c1-21(11-26,20(29)30)10-14(24-25-18(27)19(25)28)9-13-7-8-15(17(23)16(13)22)12-5-3-2-4-6-12/h2-8,14,24,26H,9-11H2,1H3,(H,29,30)/t14-,21-/m1/s1. The minimum Gasteiger partial charge on any atom is -0.481 e. The van der Waals surface area contributed by atoms with Gasteiger partial charge in [0.05, 0.1) is 17.0 Å². The molecule has 3 N–H and O–H groups in total. The molecule has 0 fully saturated rings. The zero-order valence-corrected chi connectivity index (χ0v) is 16.8. The second kappa shape index (κ2) is 8.41. The summed E-state index contributed by atoms with van der Waals surface area (Å²) >= 11 is 6.25. The molecule has 0 unspecified atom stereocenters. The minimum atomic E-state index is -1.53. The summed E-state index contributed by atoms with van der Waals surface area (Å²) in [6.07, 6.45) is -0.0982. The van der Waals surface area contributed by atoms with Crippen molar-refractivity contribution in [1.29, 1.82) is 0 Å². The van der Waals surface area contributed by atoms with Gasteiger partial charge in [0.2, 0.25) is 0 Å². The Kier molecular flexibility index (Phi) is 6.09. The van der Waals surface area contributed by atoms with E-state index in [4.69, 9.17) is 11.6 Å². The number of aliphatic carboxylic acids is 1. The predicted molar refractivity (Wildman–Crippen MR) is 110 cm³/mol. The monoisotopic (exact) mass is 434 g/mol. The van der Waals surface area contributed by atoms with Crippen molar-refractivity contribution < 1.29 is 19.4 Å². The Balaban J connectivity index is 1.91. The molecule has 0 saturated carbocycles. The molecule has 3 aromatic rings. The van der Waals surface area contributed by atoms with Crippen LogP contribution in [0.2, 0.25) is 5.02 Å². The number of aromatic nitrogens is 1. The summed E-state index contributed by atoms with van der Waals surface area (Å²) < 4.78 is 15.7. The van der Waals surface area contributed by atoms with E-state index in [9.17, 15) is 29.0 Å². The largest absolute Gasteiger partial charge is 0.481 e. The van der Waals surface area contributed by atoms with Crippen LogP contribution in [0.5, 0.6) is 0 Å². The van der Waals surface area contributed by atoms with Crippen LogP contribution in [0.1, 0.15) is 18.9 Å². The number of nitrogens with zero attached hydrogens (tertiary/aromatic N) is 1. The van der Waals surface area contributed by atoms with Crippen molar-refractivity contribution in [2.75, 3.05) is 12.0 Å². The van der Waals surface area contributed by atoms with Gasteiger partial charge in [-0.3, -0.25) is 14.4 Å². The van der Waals surface area contributed by atoms with E-state index < -0.39 is 41.0 Å². The highest BCUT2D eigenvalue weighted by molar-refractivity contribution is 6.31. The lowest BCUT2D eigenvalue weighted by Gasteiger charge is -2.28. The minimum absolute atomic E-state index is 0.0325. The molecular formula is C21H20ClFN2O5. The molecule has 0 aliphatic rings. The lowest BCUT2D eigenvalue weighted by atomic mass is 9.83. The number of hydrogen-bond acceptors (Lipinski definition) is 5. The van der Waals surface area contributed by atoms with Gasteiger partial charge in [-0.25, -0.2) is 4.39 Å². The molecule has 0 spiro atoms. The normalized spacial score (nSPS) is 14.4. The number of rotatable bonds is 9. The third-order valence-electron chi connectivity index (χ3n) is 5.13. The van der Waals surface area contributed by atoms with Gasteiger partial charge in [-0.2, -0.15) is 4.68 Å². The fraction of sp³-hybridized carbons (Fsp3) is 0.286. The molecule has 30 heavy (non-hydrogen) atoms. The lowest BCUT2D eigenvalue weighted by molar-refractivity contribution is -0.151. The van der Waals surface area contributed by atoms with E-state index in [1.54, 1.807) is 36.4 Å². The smallest absolute Gasteiger partial charge is 0.340 e. The van der Waals surface area contributed by atoms with Gasteiger partial charge < -0.3 is 15.6 Å². The van der Waals surface area contributed by atoms with Crippen LogP contribution < -0.4 is 16.5 Å². The molecule has 2 aromatic carbocycles. The Labute approximate surface area is 176 Å². The quantitative estimate of drug-likeness (QED) is 0.445.